The molecule has 0 unspecified atom stereocenters. The Morgan fingerprint density at radius 3 is 2.83 bits per heavy atom. The monoisotopic (exact) mass is 267 g/mol. The third kappa shape index (κ3) is 3.78. The summed E-state index contributed by atoms with van der Waals surface area (Å²) < 4.78 is 0. The highest BCUT2D eigenvalue weighted by Gasteiger charge is 2.16. The molecule has 0 atom stereocenters. The van der Waals surface area contributed by atoms with Crippen LogP contribution in [0.5, 0.6) is 0 Å². The van der Waals surface area contributed by atoms with Crippen LogP contribution in [-0.2, 0) is 17.6 Å². The topological polar surface area (TPSA) is 59.2 Å². The number of carbonyl (C=O) groups excluding carboxylic acids is 1. The van der Waals surface area contributed by atoms with Crippen LogP contribution in [0, 0.1) is 0 Å². The van der Waals surface area contributed by atoms with Gasteiger partial charge in [-0.3, -0.25) is 4.79 Å². The summed E-state index contributed by atoms with van der Waals surface area (Å²) in [4.78, 5) is 18.5. The zero-order valence-corrected chi connectivity index (χ0v) is 11.5. The first-order valence-electron chi connectivity index (χ1n) is 6.70. The first kappa shape index (κ1) is 13.5. The number of hydrogen-bond acceptors (Lipinski definition) is 4. The number of aromatic nitrogens is 1. The average Bonchev–Trinajstić information content (AvgIpc) is 2.85. The van der Waals surface area contributed by atoms with Gasteiger partial charge in [0.25, 0.3) is 0 Å². The lowest BCUT2D eigenvalue weighted by molar-refractivity contribution is -0.132. The molecular weight excluding hydrogens is 246 g/mol. The molecule has 18 heavy (non-hydrogen) atoms. The van der Waals surface area contributed by atoms with Gasteiger partial charge in [-0.2, -0.15) is 0 Å². The minimum absolute atomic E-state index is 0.281. The SMILES string of the molecule is NCCc1nc(CCC(=O)N2CCCCC2)cs1. The molecule has 5 heteroatoms. The highest BCUT2D eigenvalue weighted by molar-refractivity contribution is 7.09. The smallest absolute Gasteiger partial charge is 0.222 e. The van der Waals surface area contributed by atoms with Gasteiger partial charge in [0.05, 0.1) is 10.7 Å². The standard InChI is InChI=1S/C13H21N3OS/c14-7-6-12-15-11(10-18-12)4-5-13(17)16-8-2-1-3-9-16/h10H,1-9,14H2. The predicted molar refractivity (Wildman–Crippen MR) is 73.6 cm³/mol. The molecule has 4 nitrogen and oxygen atoms in total. The number of likely N-dealkylation sites (tertiary alicyclic amines) is 1. The number of aryl methyl sites for hydroxylation is 1. The van der Waals surface area contributed by atoms with E-state index < -0.39 is 0 Å². The van der Waals surface area contributed by atoms with Gasteiger partial charge in [-0.25, -0.2) is 4.98 Å². The third-order valence-electron chi connectivity index (χ3n) is 3.26. The van der Waals surface area contributed by atoms with Crippen molar-refractivity contribution < 1.29 is 4.79 Å². The molecular formula is C13H21N3OS. The lowest BCUT2D eigenvalue weighted by atomic mass is 10.1. The van der Waals surface area contributed by atoms with Crippen LogP contribution < -0.4 is 5.73 Å². The van der Waals surface area contributed by atoms with Crippen molar-refractivity contribution >= 4 is 17.2 Å². The summed E-state index contributed by atoms with van der Waals surface area (Å²) in [7, 11) is 0. The summed E-state index contributed by atoms with van der Waals surface area (Å²) in [5.74, 6) is 0.281. The zero-order valence-electron chi connectivity index (χ0n) is 10.7. The Kier molecular flexibility index (Phi) is 5.13. The van der Waals surface area contributed by atoms with Gasteiger partial charge < -0.3 is 10.6 Å². The van der Waals surface area contributed by atoms with Gasteiger partial charge in [-0.1, -0.05) is 0 Å². The molecule has 1 aromatic heterocycles. The number of carbonyl (C=O) groups is 1. The Morgan fingerprint density at radius 2 is 2.11 bits per heavy atom. The molecule has 1 aliphatic rings. The molecule has 1 aromatic rings. The molecule has 2 rings (SSSR count). The molecule has 1 aliphatic heterocycles. The van der Waals surface area contributed by atoms with Crippen molar-refractivity contribution in [2.45, 2.75) is 38.5 Å². The van der Waals surface area contributed by atoms with E-state index >= 15 is 0 Å². The van der Waals surface area contributed by atoms with Gasteiger partial charge in [-0.05, 0) is 32.2 Å². The van der Waals surface area contributed by atoms with Gasteiger partial charge in [-0.15, -0.1) is 11.3 Å². The second kappa shape index (κ2) is 6.85. The second-order valence-electron chi connectivity index (χ2n) is 4.71. The van der Waals surface area contributed by atoms with Crippen molar-refractivity contribution in [2.24, 2.45) is 5.73 Å². The van der Waals surface area contributed by atoms with E-state index in [2.05, 4.69) is 10.4 Å². The Balaban J connectivity index is 1.77. The van der Waals surface area contributed by atoms with Crippen LogP contribution in [0.15, 0.2) is 5.38 Å². The summed E-state index contributed by atoms with van der Waals surface area (Å²) in [5.41, 5.74) is 6.53. The van der Waals surface area contributed by atoms with E-state index in [1.807, 2.05) is 4.90 Å². The predicted octanol–water partition coefficient (Wildman–Crippen LogP) is 1.59. The maximum atomic E-state index is 12.0. The highest BCUT2D eigenvalue weighted by atomic mass is 32.1. The summed E-state index contributed by atoms with van der Waals surface area (Å²) in [6, 6.07) is 0. The largest absolute Gasteiger partial charge is 0.343 e. The van der Waals surface area contributed by atoms with Crippen molar-refractivity contribution in [3.8, 4) is 0 Å². The minimum Gasteiger partial charge on any atom is -0.343 e. The fraction of sp³-hybridized carbons (Fsp3) is 0.692. The average molecular weight is 267 g/mol. The molecule has 2 heterocycles. The van der Waals surface area contributed by atoms with Crippen molar-refractivity contribution in [3.05, 3.63) is 16.1 Å². The van der Waals surface area contributed by atoms with Crippen LogP contribution in [0.4, 0.5) is 0 Å². The fourth-order valence-electron chi connectivity index (χ4n) is 2.24. The molecule has 1 saturated heterocycles. The Bertz CT molecular complexity index is 385. The number of hydrogen-bond donors (Lipinski definition) is 1. The van der Waals surface area contributed by atoms with Crippen LogP contribution in [0.25, 0.3) is 0 Å². The van der Waals surface area contributed by atoms with Crippen molar-refractivity contribution in [1.29, 1.82) is 0 Å². The summed E-state index contributed by atoms with van der Waals surface area (Å²) >= 11 is 1.65. The molecule has 0 bridgehead atoms. The first-order valence-corrected chi connectivity index (χ1v) is 7.58. The lowest BCUT2D eigenvalue weighted by Crippen LogP contribution is -2.35. The second-order valence-corrected chi connectivity index (χ2v) is 5.66. The molecule has 0 radical (unpaired) electrons. The van der Waals surface area contributed by atoms with Gasteiger partial charge in [0.15, 0.2) is 0 Å². The van der Waals surface area contributed by atoms with Crippen molar-refractivity contribution in [2.75, 3.05) is 19.6 Å². The van der Waals surface area contributed by atoms with Crippen LogP contribution in [0.3, 0.4) is 0 Å². The van der Waals surface area contributed by atoms with E-state index in [1.54, 1.807) is 11.3 Å². The first-order chi connectivity index (χ1) is 8.79. The van der Waals surface area contributed by atoms with Crippen LogP contribution in [-0.4, -0.2) is 35.4 Å². The van der Waals surface area contributed by atoms with E-state index in [4.69, 9.17) is 5.73 Å². The Morgan fingerprint density at radius 1 is 1.33 bits per heavy atom. The fourth-order valence-corrected chi connectivity index (χ4v) is 3.09. The summed E-state index contributed by atoms with van der Waals surface area (Å²) in [5, 5.41) is 3.13. The van der Waals surface area contributed by atoms with E-state index in [0.29, 0.717) is 13.0 Å². The van der Waals surface area contributed by atoms with Gasteiger partial charge in [0.2, 0.25) is 5.91 Å². The van der Waals surface area contributed by atoms with Crippen molar-refractivity contribution in [3.63, 3.8) is 0 Å². The number of amides is 1. The molecule has 0 saturated carbocycles. The van der Waals surface area contributed by atoms with Gasteiger partial charge in [0.1, 0.15) is 0 Å². The maximum Gasteiger partial charge on any atom is 0.222 e. The number of rotatable bonds is 5. The third-order valence-corrected chi connectivity index (χ3v) is 4.22. The van der Waals surface area contributed by atoms with Crippen molar-refractivity contribution in [1.82, 2.24) is 9.88 Å². The summed E-state index contributed by atoms with van der Waals surface area (Å²) in [6.45, 7) is 2.52. The molecule has 1 amide bonds. The van der Waals surface area contributed by atoms with Crippen LogP contribution in [0.2, 0.25) is 0 Å². The Labute approximate surface area is 112 Å². The van der Waals surface area contributed by atoms with E-state index in [0.717, 1.165) is 49.5 Å². The quantitative estimate of drug-likeness (QED) is 0.881. The molecule has 1 fully saturated rings. The normalized spacial score (nSPS) is 15.9. The Hall–Kier alpha value is -0.940. The van der Waals surface area contributed by atoms with Gasteiger partial charge >= 0.3 is 0 Å². The molecule has 0 aliphatic carbocycles. The number of thiazole rings is 1. The highest BCUT2D eigenvalue weighted by Crippen LogP contribution is 2.14. The van der Waals surface area contributed by atoms with Gasteiger partial charge in [0, 0.05) is 31.3 Å². The molecule has 0 spiro atoms. The number of nitrogens with two attached hydrogens (primary N) is 1. The van der Waals surface area contributed by atoms with E-state index in [9.17, 15) is 4.79 Å². The lowest BCUT2D eigenvalue weighted by Gasteiger charge is -2.26. The van der Waals surface area contributed by atoms with Crippen LogP contribution >= 0.6 is 11.3 Å². The molecule has 0 aromatic carbocycles. The van der Waals surface area contributed by atoms with Crippen LogP contribution in [0.1, 0.15) is 36.4 Å². The number of nitrogens with zero attached hydrogens (tertiary/aromatic N) is 2. The summed E-state index contributed by atoms with van der Waals surface area (Å²) in [6.07, 6.45) is 5.76. The molecule has 2 N–H and O–H groups in total. The van der Waals surface area contributed by atoms with E-state index in [1.165, 1.54) is 6.42 Å². The zero-order chi connectivity index (χ0) is 12.8. The number of piperidine rings is 1. The van der Waals surface area contributed by atoms with E-state index in [-0.39, 0.29) is 5.91 Å². The minimum atomic E-state index is 0.281. The maximum absolute atomic E-state index is 12.0. The molecule has 100 valence electrons.